The summed E-state index contributed by atoms with van der Waals surface area (Å²) in [6, 6.07) is 2.99. The van der Waals surface area contributed by atoms with Crippen molar-refractivity contribution in [3.05, 3.63) is 40.3 Å². The Balaban J connectivity index is 2.27. The summed E-state index contributed by atoms with van der Waals surface area (Å²) in [6.45, 7) is 0. The Morgan fingerprint density at radius 2 is 2.21 bits per heavy atom. The highest BCUT2D eigenvalue weighted by Crippen LogP contribution is 2.25. The summed E-state index contributed by atoms with van der Waals surface area (Å²) >= 11 is 1.21. The molecule has 0 aliphatic carbocycles. The van der Waals surface area contributed by atoms with Gasteiger partial charge in [-0.1, -0.05) is 0 Å². The van der Waals surface area contributed by atoms with E-state index in [0.29, 0.717) is 10.6 Å². The van der Waals surface area contributed by atoms with Crippen LogP contribution in [0.1, 0.15) is 20.0 Å². The van der Waals surface area contributed by atoms with Crippen molar-refractivity contribution in [2.45, 2.75) is 0 Å². The van der Waals surface area contributed by atoms with E-state index in [1.54, 1.807) is 11.4 Å². The van der Waals surface area contributed by atoms with Crippen LogP contribution < -0.4 is 10.1 Å². The highest BCUT2D eigenvalue weighted by molar-refractivity contribution is 7.12. The van der Waals surface area contributed by atoms with Crippen molar-refractivity contribution in [1.29, 1.82) is 0 Å². The number of aromatic carboxylic acids is 1. The number of anilines is 1. The Bertz CT molecular complexity index is 624. The lowest BCUT2D eigenvalue weighted by Crippen LogP contribution is -2.14. The lowest BCUT2D eigenvalue weighted by molar-refractivity contribution is 0.0698. The fourth-order valence-corrected chi connectivity index (χ4v) is 2.24. The van der Waals surface area contributed by atoms with Gasteiger partial charge in [0.1, 0.15) is 10.6 Å². The molecule has 0 saturated heterocycles. The monoisotopic (exact) mass is 278 g/mol. The average molecular weight is 278 g/mol. The summed E-state index contributed by atoms with van der Waals surface area (Å²) in [5, 5.41) is 13.2. The van der Waals surface area contributed by atoms with Crippen LogP contribution in [0, 0.1) is 0 Å². The third-order valence-corrected chi connectivity index (χ3v) is 3.25. The summed E-state index contributed by atoms with van der Waals surface area (Å²) < 4.78 is 5.04. The molecule has 19 heavy (non-hydrogen) atoms. The zero-order valence-corrected chi connectivity index (χ0v) is 10.7. The maximum Gasteiger partial charge on any atom is 0.337 e. The van der Waals surface area contributed by atoms with Crippen LogP contribution in [0.15, 0.2) is 29.9 Å². The number of pyridine rings is 1. The predicted molar refractivity (Wildman–Crippen MR) is 70.0 cm³/mol. The number of methoxy groups -OCH3 is 1. The van der Waals surface area contributed by atoms with Crippen LogP contribution in [-0.2, 0) is 0 Å². The highest BCUT2D eigenvalue weighted by atomic mass is 32.1. The number of nitrogens with zero attached hydrogens (tertiary/aromatic N) is 1. The van der Waals surface area contributed by atoms with Crippen LogP contribution in [0.4, 0.5) is 5.69 Å². The number of amides is 1. The van der Waals surface area contributed by atoms with Gasteiger partial charge in [0.2, 0.25) is 0 Å². The molecule has 2 rings (SSSR count). The van der Waals surface area contributed by atoms with Gasteiger partial charge in [-0.15, -0.1) is 11.3 Å². The van der Waals surface area contributed by atoms with Crippen LogP contribution in [0.3, 0.4) is 0 Å². The van der Waals surface area contributed by atoms with Gasteiger partial charge in [0.15, 0.2) is 0 Å². The Hall–Kier alpha value is -2.41. The third-order valence-electron chi connectivity index (χ3n) is 2.35. The molecule has 2 aromatic heterocycles. The molecule has 2 aromatic rings. The SMILES string of the molecule is COc1ccsc1C(=O)Nc1cnccc1C(=O)O. The van der Waals surface area contributed by atoms with Gasteiger partial charge < -0.3 is 15.2 Å². The Morgan fingerprint density at radius 3 is 2.89 bits per heavy atom. The number of nitrogens with one attached hydrogen (secondary N) is 1. The Kier molecular flexibility index (Phi) is 3.76. The molecule has 98 valence electrons. The zero-order chi connectivity index (χ0) is 13.8. The topological polar surface area (TPSA) is 88.5 Å². The minimum atomic E-state index is -1.13. The standard InChI is InChI=1S/C12H10N2O4S/c1-18-9-3-5-19-10(9)11(15)14-8-6-13-4-2-7(8)12(16)17/h2-6H,1H3,(H,14,15)(H,16,17). The molecule has 0 aliphatic rings. The number of hydrogen-bond acceptors (Lipinski definition) is 5. The molecule has 1 amide bonds. The molecule has 0 aliphatic heterocycles. The number of rotatable bonds is 4. The number of carbonyl (C=O) groups excluding carboxylic acids is 1. The van der Waals surface area contributed by atoms with E-state index < -0.39 is 11.9 Å². The van der Waals surface area contributed by atoms with Crippen molar-refractivity contribution in [2.24, 2.45) is 0 Å². The van der Waals surface area contributed by atoms with Crippen LogP contribution >= 0.6 is 11.3 Å². The number of thiophene rings is 1. The van der Waals surface area contributed by atoms with Crippen LogP contribution in [-0.4, -0.2) is 29.1 Å². The molecule has 2 heterocycles. The number of carboxylic acid groups (broad SMARTS) is 1. The lowest BCUT2D eigenvalue weighted by atomic mass is 10.2. The zero-order valence-electron chi connectivity index (χ0n) is 9.91. The van der Waals surface area contributed by atoms with Crippen molar-refractivity contribution in [3.63, 3.8) is 0 Å². The smallest absolute Gasteiger partial charge is 0.337 e. The molecule has 0 unspecified atom stereocenters. The highest BCUT2D eigenvalue weighted by Gasteiger charge is 2.17. The summed E-state index contributed by atoms with van der Waals surface area (Å²) in [5.41, 5.74) is 0.134. The molecular formula is C12H10N2O4S. The van der Waals surface area contributed by atoms with Crippen molar-refractivity contribution in [3.8, 4) is 5.75 Å². The Morgan fingerprint density at radius 1 is 1.42 bits per heavy atom. The van der Waals surface area contributed by atoms with E-state index in [1.165, 1.54) is 36.9 Å². The molecule has 0 atom stereocenters. The lowest BCUT2D eigenvalue weighted by Gasteiger charge is -2.07. The molecular weight excluding hydrogens is 268 g/mol. The summed E-state index contributed by atoms with van der Waals surface area (Å²) in [6.07, 6.45) is 2.65. The van der Waals surface area contributed by atoms with Gasteiger partial charge in [-0.3, -0.25) is 9.78 Å². The van der Waals surface area contributed by atoms with Gasteiger partial charge in [-0.2, -0.15) is 0 Å². The molecule has 0 aromatic carbocycles. The van der Waals surface area contributed by atoms with Gasteiger partial charge in [0.25, 0.3) is 5.91 Å². The third kappa shape index (κ3) is 2.71. The van der Waals surface area contributed by atoms with Crippen molar-refractivity contribution >= 4 is 28.9 Å². The van der Waals surface area contributed by atoms with E-state index >= 15 is 0 Å². The first-order valence-corrected chi connectivity index (χ1v) is 6.11. The van der Waals surface area contributed by atoms with E-state index in [-0.39, 0.29) is 11.3 Å². The molecule has 0 radical (unpaired) electrons. The maximum atomic E-state index is 12.0. The largest absolute Gasteiger partial charge is 0.495 e. The predicted octanol–water partition coefficient (Wildman–Crippen LogP) is 2.10. The Labute approximate surface area is 112 Å². The van der Waals surface area contributed by atoms with Crippen molar-refractivity contribution in [2.75, 3.05) is 12.4 Å². The minimum Gasteiger partial charge on any atom is -0.495 e. The van der Waals surface area contributed by atoms with Crippen LogP contribution in [0.2, 0.25) is 0 Å². The van der Waals surface area contributed by atoms with Gasteiger partial charge in [-0.05, 0) is 17.5 Å². The van der Waals surface area contributed by atoms with E-state index in [2.05, 4.69) is 10.3 Å². The van der Waals surface area contributed by atoms with Crippen LogP contribution in [0.5, 0.6) is 5.75 Å². The van der Waals surface area contributed by atoms with E-state index in [0.717, 1.165) is 0 Å². The normalized spacial score (nSPS) is 9.95. The number of hydrogen-bond donors (Lipinski definition) is 2. The summed E-state index contributed by atoms with van der Waals surface area (Å²) in [5.74, 6) is -1.11. The average Bonchev–Trinajstić information content (AvgIpc) is 2.87. The minimum absolute atomic E-state index is 0.0149. The van der Waals surface area contributed by atoms with Gasteiger partial charge in [-0.25, -0.2) is 4.79 Å². The first kappa shape index (κ1) is 13.0. The van der Waals surface area contributed by atoms with Crippen LogP contribution in [0.25, 0.3) is 0 Å². The number of carboxylic acids is 1. The molecule has 0 bridgehead atoms. The summed E-state index contributed by atoms with van der Waals surface area (Å²) in [4.78, 5) is 27.2. The van der Waals surface area contributed by atoms with E-state index in [9.17, 15) is 9.59 Å². The van der Waals surface area contributed by atoms with Gasteiger partial charge >= 0.3 is 5.97 Å². The summed E-state index contributed by atoms with van der Waals surface area (Å²) in [7, 11) is 1.46. The second-order valence-electron chi connectivity index (χ2n) is 3.50. The van der Waals surface area contributed by atoms with Crippen molar-refractivity contribution < 1.29 is 19.4 Å². The number of carbonyl (C=O) groups is 2. The van der Waals surface area contributed by atoms with E-state index in [4.69, 9.17) is 9.84 Å². The van der Waals surface area contributed by atoms with Crippen molar-refractivity contribution in [1.82, 2.24) is 4.98 Å². The quantitative estimate of drug-likeness (QED) is 0.894. The molecule has 0 saturated carbocycles. The molecule has 6 nitrogen and oxygen atoms in total. The van der Waals surface area contributed by atoms with Gasteiger partial charge in [0.05, 0.1) is 24.6 Å². The fourth-order valence-electron chi connectivity index (χ4n) is 1.48. The fraction of sp³-hybridized carbons (Fsp3) is 0.0833. The molecule has 0 fully saturated rings. The second kappa shape index (κ2) is 5.49. The first-order valence-electron chi connectivity index (χ1n) is 5.23. The number of ether oxygens (including phenoxy) is 1. The second-order valence-corrected chi connectivity index (χ2v) is 4.41. The molecule has 0 spiro atoms. The van der Waals surface area contributed by atoms with Gasteiger partial charge in [0, 0.05) is 6.20 Å². The number of aromatic nitrogens is 1. The maximum absolute atomic E-state index is 12.0. The molecule has 2 N–H and O–H groups in total. The first-order chi connectivity index (χ1) is 9.13. The van der Waals surface area contributed by atoms with E-state index in [1.807, 2.05) is 0 Å². The molecule has 7 heteroatoms.